The van der Waals surface area contributed by atoms with Crippen LogP contribution >= 0.6 is 0 Å². The molecule has 0 bridgehead atoms. The predicted octanol–water partition coefficient (Wildman–Crippen LogP) is -0.903. The molecular weight excluding hydrogens is 172 g/mol. The van der Waals surface area contributed by atoms with Crippen molar-refractivity contribution in [2.45, 2.75) is 13.8 Å². The third kappa shape index (κ3) is 1.64. The van der Waals surface area contributed by atoms with Gasteiger partial charge in [-0.05, 0) is 5.41 Å². The summed E-state index contributed by atoms with van der Waals surface area (Å²) in [6.45, 7) is 3.46. The van der Waals surface area contributed by atoms with Crippen LogP contribution in [0.1, 0.15) is 13.8 Å². The normalized spacial score (nSPS) is 28.5. The second-order valence-electron chi connectivity index (χ2n) is 3.67. The van der Waals surface area contributed by atoms with Gasteiger partial charge in [0, 0.05) is 23.7 Å². The van der Waals surface area contributed by atoms with E-state index >= 15 is 0 Å². The minimum atomic E-state index is -1.24. The Morgan fingerprint density at radius 2 is 2.00 bits per heavy atom. The monoisotopic (exact) mass is 181 g/mol. The number of carbonyl (C=O) groups is 2. The third-order valence-electron chi connectivity index (χ3n) is 2.42. The van der Waals surface area contributed by atoms with E-state index in [0.717, 1.165) is 0 Å². The van der Waals surface area contributed by atoms with Crippen molar-refractivity contribution in [3.63, 3.8) is 0 Å². The zero-order chi connectivity index (χ0) is 10.2. The first-order valence-electron chi connectivity index (χ1n) is 3.82. The van der Waals surface area contributed by atoms with Crippen LogP contribution in [0.5, 0.6) is 0 Å². The van der Waals surface area contributed by atoms with Crippen LogP contribution in [0.4, 0.5) is 0 Å². The van der Waals surface area contributed by atoms with Gasteiger partial charge in [0.05, 0.1) is 0 Å². The van der Waals surface area contributed by atoms with E-state index in [1.807, 2.05) is 5.92 Å². The molecule has 1 saturated carbocycles. The minimum absolute atomic E-state index is 0.395. The fourth-order valence-electron chi connectivity index (χ4n) is 1.49. The van der Waals surface area contributed by atoms with Gasteiger partial charge in [-0.3, -0.25) is 0 Å². The number of hydrogen-bond donors (Lipinski definition) is 1. The van der Waals surface area contributed by atoms with Gasteiger partial charge in [0.1, 0.15) is 0 Å². The van der Waals surface area contributed by atoms with E-state index in [0.29, 0.717) is 0 Å². The molecule has 0 amide bonds. The Balaban J connectivity index is 2.73. The van der Waals surface area contributed by atoms with Crippen molar-refractivity contribution in [3.8, 4) is 11.8 Å². The van der Waals surface area contributed by atoms with Gasteiger partial charge in [0.2, 0.25) is 0 Å². The molecule has 0 aromatic carbocycles. The highest BCUT2D eigenvalue weighted by atomic mass is 16.4. The lowest BCUT2D eigenvalue weighted by atomic mass is 10.1. The molecule has 2 unspecified atom stereocenters. The van der Waals surface area contributed by atoms with E-state index < -0.39 is 29.2 Å². The van der Waals surface area contributed by atoms with Crippen LogP contribution < -0.4 is 5.11 Å². The lowest BCUT2D eigenvalue weighted by Gasteiger charge is -2.00. The highest BCUT2D eigenvalue weighted by molar-refractivity contribution is 5.87. The molecule has 0 saturated heterocycles. The van der Waals surface area contributed by atoms with Crippen LogP contribution in [0, 0.1) is 29.1 Å². The summed E-state index contributed by atoms with van der Waals surface area (Å²) in [5.74, 6) is 0.903. The second-order valence-corrected chi connectivity index (χ2v) is 3.67. The zero-order valence-corrected chi connectivity index (χ0v) is 7.33. The van der Waals surface area contributed by atoms with Crippen LogP contribution in [0.2, 0.25) is 0 Å². The van der Waals surface area contributed by atoms with E-state index in [1.54, 1.807) is 13.8 Å². The average molecular weight is 181 g/mol. The Bertz CT molecular complexity index is 318. The minimum Gasteiger partial charge on any atom is -0.550 e. The van der Waals surface area contributed by atoms with E-state index in [2.05, 4.69) is 5.92 Å². The van der Waals surface area contributed by atoms with Crippen LogP contribution in [0.25, 0.3) is 0 Å². The summed E-state index contributed by atoms with van der Waals surface area (Å²) in [5, 5.41) is 18.8. The summed E-state index contributed by atoms with van der Waals surface area (Å²) in [6, 6.07) is 0. The Labute approximate surface area is 75.6 Å². The van der Waals surface area contributed by atoms with Crippen molar-refractivity contribution < 1.29 is 19.8 Å². The van der Waals surface area contributed by atoms with Crippen molar-refractivity contribution in [3.05, 3.63) is 0 Å². The van der Waals surface area contributed by atoms with Gasteiger partial charge in [0.15, 0.2) is 0 Å². The lowest BCUT2D eigenvalue weighted by Crippen LogP contribution is -2.26. The number of hydrogen-bond acceptors (Lipinski definition) is 3. The van der Waals surface area contributed by atoms with Crippen molar-refractivity contribution in [2.24, 2.45) is 17.3 Å². The van der Waals surface area contributed by atoms with E-state index in [-0.39, 0.29) is 0 Å². The quantitative estimate of drug-likeness (QED) is 0.531. The molecule has 0 aromatic heterocycles. The van der Waals surface area contributed by atoms with Crippen molar-refractivity contribution in [1.82, 2.24) is 0 Å². The summed E-state index contributed by atoms with van der Waals surface area (Å²) in [4.78, 5) is 20.6. The predicted molar refractivity (Wildman–Crippen MR) is 41.2 cm³/mol. The zero-order valence-electron chi connectivity index (χ0n) is 7.33. The molecule has 0 spiro atoms. The Morgan fingerprint density at radius 3 is 2.31 bits per heavy atom. The van der Waals surface area contributed by atoms with E-state index in [1.165, 1.54) is 0 Å². The Kier molecular flexibility index (Phi) is 2.04. The van der Waals surface area contributed by atoms with Gasteiger partial charge in [-0.25, -0.2) is 4.79 Å². The molecule has 2 atom stereocenters. The Hall–Kier alpha value is -1.50. The van der Waals surface area contributed by atoms with Crippen LogP contribution in [0.3, 0.4) is 0 Å². The molecule has 1 aliphatic rings. The van der Waals surface area contributed by atoms with Crippen molar-refractivity contribution >= 4 is 11.9 Å². The Morgan fingerprint density at radius 1 is 1.46 bits per heavy atom. The fourth-order valence-corrected chi connectivity index (χ4v) is 1.49. The highest BCUT2D eigenvalue weighted by Gasteiger charge is 2.57. The van der Waals surface area contributed by atoms with Crippen LogP contribution in [-0.4, -0.2) is 17.0 Å². The van der Waals surface area contributed by atoms with Gasteiger partial charge in [-0.15, -0.1) is 0 Å². The molecule has 1 aliphatic carbocycles. The average Bonchev–Trinajstić information content (AvgIpc) is 2.48. The second kappa shape index (κ2) is 2.77. The van der Waals surface area contributed by atoms with E-state index in [9.17, 15) is 14.7 Å². The van der Waals surface area contributed by atoms with E-state index in [4.69, 9.17) is 5.11 Å². The largest absolute Gasteiger partial charge is 0.550 e. The maximum atomic E-state index is 10.5. The molecule has 0 radical (unpaired) electrons. The molecule has 13 heavy (non-hydrogen) atoms. The van der Waals surface area contributed by atoms with Gasteiger partial charge >= 0.3 is 5.97 Å². The molecule has 70 valence electrons. The number of carbonyl (C=O) groups excluding carboxylic acids is 1. The highest BCUT2D eigenvalue weighted by Crippen LogP contribution is 2.57. The topological polar surface area (TPSA) is 77.4 Å². The first-order chi connectivity index (χ1) is 5.87. The number of carboxylic acids is 2. The molecule has 4 heteroatoms. The van der Waals surface area contributed by atoms with Crippen molar-refractivity contribution in [1.29, 1.82) is 0 Å². The number of rotatable bonds is 1. The van der Waals surface area contributed by atoms with Gasteiger partial charge in [0.25, 0.3) is 0 Å². The number of carboxylic acid groups (broad SMARTS) is 2. The molecule has 0 aromatic rings. The molecule has 1 rings (SSSR count). The molecule has 4 nitrogen and oxygen atoms in total. The molecule has 0 aliphatic heterocycles. The number of aliphatic carboxylic acids is 2. The first kappa shape index (κ1) is 9.59. The van der Waals surface area contributed by atoms with Gasteiger partial charge in [-0.2, -0.15) is 0 Å². The summed E-state index contributed by atoms with van der Waals surface area (Å²) in [6.07, 6.45) is 0. The maximum absolute atomic E-state index is 10.5. The fraction of sp³-hybridized carbons (Fsp3) is 0.556. The third-order valence-corrected chi connectivity index (χ3v) is 2.42. The SMILES string of the molecule is CC1(C)C(C#CC(=O)O)C1C(=O)[O-]. The molecule has 0 heterocycles. The lowest BCUT2D eigenvalue weighted by molar-refractivity contribution is -0.308. The summed E-state index contributed by atoms with van der Waals surface area (Å²) < 4.78 is 0. The van der Waals surface area contributed by atoms with Gasteiger partial charge in [-0.1, -0.05) is 19.8 Å². The van der Waals surface area contributed by atoms with Crippen molar-refractivity contribution in [2.75, 3.05) is 0 Å². The van der Waals surface area contributed by atoms with Gasteiger partial charge < -0.3 is 15.0 Å². The summed E-state index contributed by atoms with van der Waals surface area (Å²) in [7, 11) is 0. The molecule has 1 fully saturated rings. The summed E-state index contributed by atoms with van der Waals surface area (Å²) in [5.41, 5.74) is -0.457. The maximum Gasteiger partial charge on any atom is 0.381 e. The molecule has 1 N–H and O–H groups in total. The van der Waals surface area contributed by atoms with Crippen LogP contribution in [-0.2, 0) is 9.59 Å². The first-order valence-corrected chi connectivity index (χ1v) is 3.82. The standard InChI is InChI=1S/C9H10O4/c1-9(2)5(3-4-6(10)11)7(9)8(12)13/h5,7H,1-2H3,(H,10,11)(H,12,13)/p-1. The molecular formula is C9H9O4-. The smallest absolute Gasteiger partial charge is 0.381 e. The van der Waals surface area contributed by atoms with Crippen LogP contribution in [0.15, 0.2) is 0 Å². The summed E-state index contributed by atoms with van der Waals surface area (Å²) >= 11 is 0.